The van der Waals surface area contributed by atoms with Crippen LogP contribution in [0.2, 0.25) is 0 Å². The lowest BCUT2D eigenvalue weighted by atomic mass is 9.79. The van der Waals surface area contributed by atoms with Gasteiger partial charge in [-0.25, -0.2) is 0 Å². The van der Waals surface area contributed by atoms with E-state index in [0.717, 1.165) is 37.8 Å². The van der Waals surface area contributed by atoms with Crippen molar-refractivity contribution in [2.45, 2.75) is 88.8 Å². The maximum absolute atomic E-state index is 9.83. The molecular weight excluding hydrogens is 440 g/mol. The van der Waals surface area contributed by atoms with Crippen molar-refractivity contribution < 1.29 is 5.11 Å². The van der Waals surface area contributed by atoms with Gasteiger partial charge in [0.15, 0.2) is 0 Å². The molecule has 3 nitrogen and oxygen atoms in total. The van der Waals surface area contributed by atoms with E-state index >= 15 is 0 Å². The van der Waals surface area contributed by atoms with Gasteiger partial charge in [0, 0.05) is 30.4 Å². The molecule has 0 saturated carbocycles. The van der Waals surface area contributed by atoms with Crippen molar-refractivity contribution >= 4 is 5.69 Å². The number of fused-ring (bicyclic) bond motifs is 3. The Hall–Kier alpha value is -2.78. The lowest BCUT2D eigenvalue weighted by molar-refractivity contribution is 0.256. The lowest BCUT2D eigenvalue weighted by Crippen LogP contribution is -2.30. The van der Waals surface area contributed by atoms with Gasteiger partial charge in [0.2, 0.25) is 0 Å². The van der Waals surface area contributed by atoms with E-state index < -0.39 is 0 Å². The largest absolute Gasteiger partial charge is 0.508 e. The second-order valence-electron chi connectivity index (χ2n) is 11.5. The van der Waals surface area contributed by atoms with E-state index in [1.54, 1.807) is 0 Å². The van der Waals surface area contributed by atoms with Crippen LogP contribution >= 0.6 is 0 Å². The van der Waals surface area contributed by atoms with Gasteiger partial charge in [-0.15, -0.1) is 0 Å². The van der Waals surface area contributed by atoms with Crippen LogP contribution in [0.1, 0.15) is 72.8 Å². The van der Waals surface area contributed by atoms with Crippen molar-refractivity contribution in [3.05, 3.63) is 94.5 Å². The third-order valence-electron chi connectivity index (χ3n) is 9.05. The molecule has 2 unspecified atom stereocenters. The molecule has 2 bridgehead atoms. The van der Waals surface area contributed by atoms with Crippen molar-refractivity contribution in [3.8, 4) is 5.75 Å². The van der Waals surface area contributed by atoms with Gasteiger partial charge in [-0.3, -0.25) is 4.90 Å². The van der Waals surface area contributed by atoms with Crippen LogP contribution in [0.4, 0.5) is 5.69 Å². The third-order valence-corrected chi connectivity index (χ3v) is 9.05. The predicted molar refractivity (Wildman–Crippen MR) is 149 cm³/mol. The average molecular weight is 481 g/mol. The second kappa shape index (κ2) is 10.3. The Morgan fingerprint density at radius 1 is 0.861 bits per heavy atom. The van der Waals surface area contributed by atoms with Crippen molar-refractivity contribution in [2.75, 3.05) is 11.9 Å². The minimum atomic E-state index is 0.366. The molecule has 0 spiro atoms. The number of hydrogen-bond donors (Lipinski definition) is 2. The number of aryl methyl sites for hydroxylation is 1. The highest BCUT2D eigenvalue weighted by Crippen LogP contribution is 2.38. The van der Waals surface area contributed by atoms with Gasteiger partial charge in [-0.1, -0.05) is 48.5 Å². The van der Waals surface area contributed by atoms with Gasteiger partial charge in [0.25, 0.3) is 0 Å². The van der Waals surface area contributed by atoms with Crippen LogP contribution in [0.3, 0.4) is 0 Å². The Kier molecular flexibility index (Phi) is 6.75. The van der Waals surface area contributed by atoms with Crippen molar-refractivity contribution in [1.82, 2.24) is 4.90 Å². The second-order valence-corrected chi connectivity index (χ2v) is 11.5. The minimum absolute atomic E-state index is 0.366. The summed E-state index contributed by atoms with van der Waals surface area (Å²) in [6, 6.07) is 26.2. The number of para-hydroxylation sites is 1. The van der Waals surface area contributed by atoms with E-state index in [1.165, 1.54) is 72.2 Å². The number of nitrogens with one attached hydrogen (secondary N) is 1. The van der Waals surface area contributed by atoms with Gasteiger partial charge in [-0.2, -0.15) is 0 Å². The van der Waals surface area contributed by atoms with Gasteiger partial charge in [0.1, 0.15) is 5.75 Å². The summed E-state index contributed by atoms with van der Waals surface area (Å²) in [7, 11) is 0. The molecule has 0 radical (unpaired) electrons. The van der Waals surface area contributed by atoms with E-state index in [-0.39, 0.29) is 0 Å². The summed E-state index contributed by atoms with van der Waals surface area (Å²) >= 11 is 0. The molecule has 1 aliphatic carbocycles. The van der Waals surface area contributed by atoms with Crippen molar-refractivity contribution in [3.63, 3.8) is 0 Å². The smallest absolute Gasteiger partial charge is 0.115 e. The first-order valence-electron chi connectivity index (χ1n) is 14.1. The molecular formula is C33H40N2O. The van der Waals surface area contributed by atoms with E-state index in [9.17, 15) is 5.11 Å². The third kappa shape index (κ3) is 5.04. The molecule has 3 heteroatoms. The summed E-state index contributed by atoms with van der Waals surface area (Å²) in [6.45, 7) is 3.53. The van der Waals surface area contributed by atoms with Crippen LogP contribution in [0.5, 0.6) is 5.75 Å². The first-order chi connectivity index (χ1) is 17.6. The summed E-state index contributed by atoms with van der Waals surface area (Å²) in [5.74, 6) is 0.901. The Labute approximate surface area is 216 Å². The standard InChI is InChI=1S/C33H40N2O/c1-23(20-25-8-6-24(7-9-25)18-19-35-29-13-14-30(35)16-15-29)34-33-5-3-2-4-32(33)28-11-10-27-22-31(36)17-12-26(27)21-28/h2-9,12,17,22-23,28-30,34,36H,10-11,13-16,18-21H2,1H3. The van der Waals surface area contributed by atoms with Crippen LogP contribution in [-0.4, -0.2) is 34.7 Å². The van der Waals surface area contributed by atoms with E-state index in [1.807, 2.05) is 12.1 Å². The van der Waals surface area contributed by atoms with Crippen LogP contribution in [-0.2, 0) is 25.7 Å². The molecule has 0 amide bonds. The van der Waals surface area contributed by atoms with E-state index in [2.05, 4.69) is 71.7 Å². The van der Waals surface area contributed by atoms with E-state index in [0.29, 0.717) is 17.7 Å². The number of aromatic hydroxyl groups is 1. The SMILES string of the molecule is CC(Cc1ccc(CCN2C3CCC2CC3)cc1)Nc1ccccc1C1CCc2cc(O)ccc2C1. The molecule has 36 heavy (non-hydrogen) atoms. The number of phenols is 1. The van der Waals surface area contributed by atoms with Gasteiger partial charge in [-0.05, 0) is 117 Å². The number of nitrogens with zero attached hydrogens (tertiary/aromatic N) is 1. The molecule has 3 aromatic rings. The molecule has 6 rings (SSSR count). The number of phenolic OH excluding ortho intramolecular Hbond substituents is 1. The minimum Gasteiger partial charge on any atom is -0.508 e. The van der Waals surface area contributed by atoms with Crippen LogP contribution in [0.25, 0.3) is 0 Å². The normalized spacial score (nSPS) is 24.0. The van der Waals surface area contributed by atoms with Gasteiger partial charge >= 0.3 is 0 Å². The molecule has 3 aliphatic rings. The van der Waals surface area contributed by atoms with Crippen molar-refractivity contribution in [1.29, 1.82) is 0 Å². The number of rotatable bonds is 8. The summed E-state index contributed by atoms with van der Waals surface area (Å²) < 4.78 is 0. The zero-order valence-corrected chi connectivity index (χ0v) is 21.6. The monoisotopic (exact) mass is 480 g/mol. The average Bonchev–Trinajstić information content (AvgIpc) is 3.48. The highest BCUT2D eigenvalue weighted by atomic mass is 16.3. The van der Waals surface area contributed by atoms with Crippen LogP contribution in [0, 0.1) is 0 Å². The Balaban J connectivity index is 1.05. The Morgan fingerprint density at radius 2 is 1.58 bits per heavy atom. The predicted octanol–water partition coefficient (Wildman–Crippen LogP) is 6.88. The van der Waals surface area contributed by atoms with Gasteiger partial charge < -0.3 is 10.4 Å². The molecule has 2 fully saturated rings. The molecule has 0 aromatic heterocycles. The summed E-state index contributed by atoms with van der Waals surface area (Å²) in [5, 5.41) is 13.7. The van der Waals surface area contributed by atoms with E-state index in [4.69, 9.17) is 0 Å². The van der Waals surface area contributed by atoms with Crippen LogP contribution in [0.15, 0.2) is 66.7 Å². The maximum Gasteiger partial charge on any atom is 0.115 e. The molecule has 188 valence electrons. The molecule has 2 saturated heterocycles. The lowest BCUT2D eigenvalue weighted by Gasteiger charge is -2.28. The zero-order valence-electron chi connectivity index (χ0n) is 21.6. The van der Waals surface area contributed by atoms with Crippen LogP contribution < -0.4 is 5.32 Å². The highest BCUT2D eigenvalue weighted by molar-refractivity contribution is 5.55. The maximum atomic E-state index is 9.83. The summed E-state index contributed by atoms with van der Waals surface area (Å²) in [5.41, 5.74) is 8.26. The Bertz CT molecular complexity index is 1170. The topological polar surface area (TPSA) is 35.5 Å². The number of anilines is 1. The molecule has 3 aromatic carbocycles. The fourth-order valence-electron chi connectivity index (χ4n) is 7.15. The quantitative estimate of drug-likeness (QED) is 0.369. The molecule has 2 N–H and O–H groups in total. The number of hydrogen-bond acceptors (Lipinski definition) is 3. The first-order valence-corrected chi connectivity index (χ1v) is 14.1. The van der Waals surface area contributed by atoms with Crippen molar-refractivity contribution in [2.24, 2.45) is 0 Å². The first kappa shape index (κ1) is 23.6. The molecule has 2 aliphatic heterocycles. The molecule has 2 heterocycles. The summed E-state index contributed by atoms with van der Waals surface area (Å²) in [6.07, 6.45) is 11.1. The van der Waals surface area contributed by atoms with Gasteiger partial charge in [0.05, 0.1) is 0 Å². The summed E-state index contributed by atoms with van der Waals surface area (Å²) in [4.78, 5) is 2.78. The highest BCUT2D eigenvalue weighted by Gasteiger charge is 2.38. The fraction of sp³-hybridized carbons (Fsp3) is 0.455. The molecule has 2 atom stereocenters. The zero-order chi connectivity index (χ0) is 24.5. The fourth-order valence-corrected chi connectivity index (χ4v) is 7.15. The Morgan fingerprint density at radius 3 is 2.36 bits per heavy atom. The number of benzene rings is 3.